The second-order valence-corrected chi connectivity index (χ2v) is 5.99. The highest BCUT2D eigenvalue weighted by atomic mass is 16.6. The van der Waals surface area contributed by atoms with Gasteiger partial charge < -0.3 is 9.84 Å². The van der Waals surface area contributed by atoms with E-state index in [1.54, 1.807) is 19.2 Å². The number of rotatable bonds is 5. The number of nitro groups is 1. The Bertz CT molecular complexity index is 748. The summed E-state index contributed by atoms with van der Waals surface area (Å²) in [6, 6.07) is 12.3. The van der Waals surface area contributed by atoms with Crippen LogP contribution in [0.4, 0.5) is 5.69 Å². The van der Waals surface area contributed by atoms with Gasteiger partial charge in [0, 0.05) is 31.8 Å². The van der Waals surface area contributed by atoms with Crippen molar-refractivity contribution in [2.45, 2.75) is 19.1 Å². The Morgan fingerprint density at radius 1 is 1.29 bits per heavy atom. The summed E-state index contributed by atoms with van der Waals surface area (Å²) in [5.74, 6) is 0.829. The van der Waals surface area contributed by atoms with E-state index in [1.165, 1.54) is 23.3 Å². The van der Waals surface area contributed by atoms with Crippen molar-refractivity contribution in [3.8, 4) is 5.75 Å². The number of ether oxygens (including phenoxy) is 1. The van der Waals surface area contributed by atoms with Gasteiger partial charge in [0.2, 0.25) is 0 Å². The van der Waals surface area contributed by atoms with Crippen molar-refractivity contribution >= 4 is 5.69 Å². The number of β-amino-alcohol motifs (C(OH)–C–C–N with tert-alkyl or cyclic N) is 1. The first-order chi connectivity index (χ1) is 11.6. The molecule has 1 N–H and O–H groups in total. The maximum absolute atomic E-state index is 10.9. The minimum atomic E-state index is -0.753. The number of hydrogen-bond acceptors (Lipinski definition) is 5. The van der Waals surface area contributed by atoms with E-state index in [9.17, 15) is 15.2 Å². The molecule has 0 saturated carbocycles. The quantitative estimate of drug-likeness (QED) is 0.674. The maximum Gasteiger partial charge on any atom is 0.269 e. The maximum atomic E-state index is 10.9. The highest BCUT2D eigenvalue weighted by Gasteiger charge is 2.21. The molecule has 0 spiro atoms. The number of nitrogens with zero attached hydrogens (tertiary/aromatic N) is 2. The fraction of sp³-hybridized carbons (Fsp3) is 0.333. The van der Waals surface area contributed by atoms with Gasteiger partial charge in [0.1, 0.15) is 5.75 Å². The topological polar surface area (TPSA) is 75.8 Å². The number of fused-ring (bicyclic) bond motifs is 1. The van der Waals surface area contributed by atoms with Crippen molar-refractivity contribution in [1.29, 1.82) is 0 Å². The van der Waals surface area contributed by atoms with Gasteiger partial charge in [0.15, 0.2) is 0 Å². The molecule has 6 heteroatoms. The van der Waals surface area contributed by atoms with Crippen molar-refractivity contribution in [2.24, 2.45) is 0 Å². The fourth-order valence-corrected chi connectivity index (χ4v) is 3.07. The van der Waals surface area contributed by atoms with E-state index in [-0.39, 0.29) is 5.69 Å². The lowest BCUT2D eigenvalue weighted by atomic mass is 9.98. The lowest BCUT2D eigenvalue weighted by Crippen LogP contribution is -2.34. The number of aliphatic hydroxyl groups excluding tert-OH is 1. The standard InChI is InChI=1S/C18H20N2O4/c1-24-17-6-5-13-7-8-19(11-15(13)10-17)12-18(21)14-3-2-4-16(9-14)20(22)23/h2-6,9-10,18,21H,7-8,11-12H2,1H3. The molecule has 0 bridgehead atoms. The summed E-state index contributed by atoms with van der Waals surface area (Å²) in [5, 5.41) is 21.3. The van der Waals surface area contributed by atoms with E-state index in [0.717, 1.165) is 25.3 Å². The third-order valence-corrected chi connectivity index (χ3v) is 4.40. The van der Waals surface area contributed by atoms with Crippen LogP contribution in [0.1, 0.15) is 22.8 Å². The zero-order chi connectivity index (χ0) is 17.1. The molecule has 126 valence electrons. The molecule has 0 radical (unpaired) electrons. The van der Waals surface area contributed by atoms with E-state index in [4.69, 9.17) is 4.74 Å². The molecule has 0 amide bonds. The lowest BCUT2D eigenvalue weighted by molar-refractivity contribution is -0.385. The number of nitro benzene ring substituents is 1. The second-order valence-electron chi connectivity index (χ2n) is 5.99. The first-order valence-corrected chi connectivity index (χ1v) is 7.87. The Morgan fingerprint density at radius 3 is 2.88 bits per heavy atom. The summed E-state index contributed by atoms with van der Waals surface area (Å²) < 4.78 is 5.27. The van der Waals surface area contributed by atoms with Gasteiger partial charge in [-0.2, -0.15) is 0 Å². The third kappa shape index (κ3) is 3.55. The molecule has 3 rings (SSSR count). The van der Waals surface area contributed by atoms with Gasteiger partial charge >= 0.3 is 0 Å². The molecule has 0 aromatic heterocycles. The molecule has 0 saturated heterocycles. The number of benzene rings is 2. The molecule has 1 unspecified atom stereocenters. The molecule has 0 fully saturated rings. The summed E-state index contributed by atoms with van der Waals surface area (Å²) in [7, 11) is 1.65. The second kappa shape index (κ2) is 6.98. The third-order valence-electron chi connectivity index (χ3n) is 4.40. The predicted molar refractivity (Wildman–Crippen MR) is 90.0 cm³/mol. The first kappa shape index (κ1) is 16.4. The first-order valence-electron chi connectivity index (χ1n) is 7.87. The Balaban J connectivity index is 1.70. The number of hydrogen-bond donors (Lipinski definition) is 1. The minimum Gasteiger partial charge on any atom is -0.497 e. The van der Waals surface area contributed by atoms with Gasteiger partial charge in [-0.05, 0) is 35.2 Å². The van der Waals surface area contributed by atoms with E-state index in [0.29, 0.717) is 12.1 Å². The van der Waals surface area contributed by atoms with Crippen molar-refractivity contribution in [1.82, 2.24) is 4.90 Å². The van der Waals surface area contributed by atoms with Gasteiger partial charge in [-0.1, -0.05) is 18.2 Å². The van der Waals surface area contributed by atoms with Gasteiger partial charge in [-0.3, -0.25) is 15.0 Å². The summed E-state index contributed by atoms with van der Waals surface area (Å²) in [5.41, 5.74) is 3.07. The van der Waals surface area contributed by atoms with Crippen LogP contribution in [0.25, 0.3) is 0 Å². The molecular weight excluding hydrogens is 308 g/mol. The Labute approximate surface area is 140 Å². The van der Waals surface area contributed by atoms with E-state index < -0.39 is 11.0 Å². The largest absolute Gasteiger partial charge is 0.497 e. The molecule has 2 aromatic rings. The van der Waals surface area contributed by atoms with Crippen LogP contribution >= 0.6 is 0 Å². The van der Waals surface area contributed by atoms with Gasteiger partial charge in [-0.15, -0.1) is 0 Å². The number of non-ortho nitro benzene ring substituents is 1. The van der Waals surface area contributed by atoms with E-state index in [1.807, 2.05) is 12.1 Å². The molecular formula is C18H20N2O4. The van der Waals surface area contributed by atoms with Gasteiger partial charge in [0.05, 0.1) is 18.1 Å². The molecule has 6 nitrogen and oxygen atoms in total. The van der Waals surface area contributed by atoms with Crippen molar-refractivity contribution in [3.63, 3.8) is 0 Å². The number of methoxy groups -OCH3 is 1. The highest BCUT2D eigenvalue weighted by Crippen LogP contribution is 2.26. The van der Waals surface area contributed by atoms with Crippen LogP contribution in [-0.4, -0.2) is 35.1 Å². The molecule has 1 atom stereocenters. The summed E-state index contributed by atoms with van der Waals surface area (Å²) in [4.78, 5) is 12.6. The van der Waals surface area contributed by atoms with Gasteiger partial charge in [0.25, 0.3) is 5.69 Å². The normalized spacial score (nSPS) is 15.6. The van der Waals surface area contributed by atoms with Crippen molar-refractivity contribution < 1.29 is 14.8 Å². The fourth-order valence-electron chi connectivity index (χ4n) is 3.07. The van der Waals surface area contributed by atoms with Crippen LogP contribution < -0.4 is 4.74 Å². The van der Waals surface area contributed by atoms with Crippen LogP contribution in [0.5, 0.6) is 5.75 Å². The lowest BCUT2D eigenvalue weighted by Gasteiger charge is -2.30. The minimum absolute atomic E-state index is 0.000256. The van der Waals surface area contributed by atoms with Crippen LogP contribution in [0.15, 0.2) is 42.5 Å². The van der Waals surface area contributed by atoms with E-state index >= 15 is 0 Å². The molecule has 24 heavy (non-hydrogen) atoms. The average Bonchev–Trinajstić information content (AvgIpc) is 2.61. The Kier molecular flexibility index (Phi) is 4.78. The van der Waals surface area contributed by atoms with Crippen LogP contribution in [-0.2, 0) is 13.0 Å². The molecule has 1 heterocycles. The van der Waals surface area contributed by atoms with Crippen LogP contribution in [0.3, 0.4) is 0 Å². The smallest absolute Gasteiger partial charge is 0.269 e. The monoisotopic (exact) mass is 328 g/mol. The predicted octanol–water partition coefficient (Wildman–Crippen LogP) is 2.70. The van der Waals surface area contributed by atoms with Crippen LogP contribution in [0.2, 0.25) is 0 Å². The molecule has 2 aromatic carbocycles. The van der Waals surface area contributed by atoms with Crippen molar-refractivity contribution in [3.05, 3.63) is 69.3 Å². The Hall–Kier alpha value is -2.44. The van der Waals surface area contributed by atoms with Crippen LogP contribution in [0, 0.1) is 10.1 Å². The van der Waals surface area contributed by atoms with Gasteiger partial charge in [-0.25, -0.2) is 0 Å². The van der Waals surface area contributed by atoms with Crippen molar-refractivity contribution in [2.75, 3.05) is 20.2 Å². The summed E-state index contributed by atoms with van der Waals surface area (Å²) >= 11 is 0. The SMILES string of the molecule is COc1ccc2c(c1)CN(CC(O)c1cccc([N+](=O)[O-])c1)CC2. The zero-order valence-corrected chi connectivity index (χ0v) is 13.5. The molecule has 0 aliphatic carbocycles. The molecule has 1 aliphatic rings. The molecule has 1 aliphatic heterocycles. The highest BCUT2D eigenvalue weighted by molar-refractivity contribution is 5.38. The zero-order valence-electron chi connectivity index (χ0n) is 13.5. The summed E-state index contributed by atoms with van der Waals surface area (Å²) in [6.45, 7) is 2.03. The van der Waals surface area contributed by atoms with E-state index in [2.05, 4.69) is 11.0 Å². The number of aliphatic hydroxyl groups is 1. The average molecular weight is 328 g/mol. The summed E-state index contributed by atoms with van der Waals surface area (Å²) in [6.07, 6.45) is 0.165. The Morgan fingerprint density at radius 2 is 2.12 bits per heavy atom.